The lowest BCUT2D eigenvalue weighted by Crippen LogP contribution is -2.31. The van der Waals surface area contributed by atoms with E-state index in [1.165, 1.54) is 29.3 Å². The third-order valence-corrected chi connectivity index (χ3v) is 4.41. The summed E-state index contributed by atoms with van der Waals surface area (Å²) >= 11 is 0. The number of ether oxygens (including phenoxy) is 1. The molecular weight excluding hydrogens is 388 g/mol. The zero-order valence-electron chi connectivity index (χ0n) is 16.1. The first kappa shape index (κ1) is 19.2. The molecule has 3 heterocycles. The minimum atomic E-state index is -0.410. The Hall–Kier alpha value is -4.14. The van der Waals surface area contributed by atoms with Gasteiger partial charge in [0.15, 0.2) is 11.5 Å². The molecule has 9 nitrogen and oxygen atoms in total. The number of methoxy groups -OCH3 is 1. The van der Waals surface area contributed by atoms with Crippen molar-refractivity contribution in [1.82, 2.24) is 20.0 Å². The van der Waals surface area contributed by atoms with Gasteiger partial charge in [-0.1, -0.05) is 5.16 Å². The largest absolute Gasteiger partial charge is 0.497 e. The number of amides is 1. The van der Waals surface area contributed by atoms with E-state index >= 15 is 0 Å². The Bertz CT molecular complexity index is 1190. The fourth-order valence-electron chi connectivity index (χ4n) is 2.81. The molecule has 0 unspecified atom stereocenters. The first-order chi connectivity index (χ1) is 14.6. The van der Waals surface area contributed by atoms with Gasteiger partial charge in [0.2, 0.25) is 5.76 Å². The van der Waals surface area contributed by atoms with Crippen LogP contribution in [0.2, 0.25) is 0 Å². The summed E-state index contributed by atoms with van der Waals surface area (Å²) in [4.78, 5) is 28.9. The van der Waals surface area contributed by atoms with E-state index in [-0.39, 0.29) is 24.3 Å². The molecule has 0 atom stereocenters. The van der Waals surface area contributed by atoms with Gasteiger partial charge < -0.3 is 19.0 Å². The smallest absolute Gasteiger partial charge is 0.273 e. The van der Waals surface area contributed by atoms with Crippen LogP contribution in [0.4, 0.5) is 0 Å². The molecule has 0 fully saturated rings. The standard InChI is InChI=1S/C21H18N4O5/c1-28-15-6-4-14(5-7-15)16-12-20(26)25(13-23-16)9-8-22-21(27)17-11-19(30-24-17)18-3-2-10-29-18/h2-7,10-13H,8-9H2,1H3,(H,22,27). The van der Waals surface area contributed by atoms with Crippen molar-refractivity contribution in [2.24, 2.45) is 0 Å². The summed E-state index contributed by atoms with van der Waals surface area (Å²) in [5.41, 5.74) is 1.29. The van der Waals surface area contributed by atoms with Gasteiger partial charge in [0.25, 0.3) is 11.5 Å². The van der Waals surface area contributed by atoms with Gasteiger partial charge in [-0.2, -0.15) is 0 Å². The van der Waals surface area contributed by atoms with E-state index in [0.29, 0.717) is 17.2 Å². The molecule has 0 aliphatic carbocycles. The highest BCUT2D eigenvalue weighted by molar-refractivity contribution is 5.92. The quantitative estimate of drug-likeness (QED) is 0.502. The topological polar surface area (TPSA) is 112 Å². The summed E-state index contributed by atoms with van der Waals surface area (Å²) in [7, 11) is 1.59. The third-order valence-electron chi connectivity index (χ3n) is 4.41. The van der Waals surface area contributed by atoms with Crippen molar-refractivity contribution in [3.63, 3.8) is 0 Å². The lowest BCUT2D eigenvalue weighted by Gasteiger charge is -2.08. The summed E-state index contributed by atoms with van der Waals surface area (Å²) in [6, 6.07) is 13.6. The molecular formula is C21H18N4O5. The van der Waals surface area contributed by atoms with Crippen molar-refractivity contribution < 1.29 is 18.5 Å². The maximum absolute atomic E-state index is 12.4. The molecule has 0 bridgehead atoms. The Morgan fingerprint density at radius 3 is 2.70 bits per heavy atom. The molecule has 4 aromatic rings. The van der Waals surface area contributed by atoms with Crippen molar-refractivity contribution in [3.05, 3.63) is 77.2 Å². The summed E-state index contributed by atoms with van der Waals surface area (Å²) in [5.74, 6) is 1.16. The summed E-state index contributed by atoms with van der Waals surface area (Å²) < 4.78 is 16.9. The molecule has 0 aliphatic heterocycles. The van der Waals surface area contributed by atoms with Crippen LogP contribution < -0.4 is 15.6 Å². The Labute approximate surface area is 170 Å². The minimum absolute atomic E-state index is 0.127. The number of furan rings is 1. The molecule has 1 amide bonds. The van der Waals surface area contributed by atoms with Gasteiger partial charge in [0, 0.05) is 30.8 Å². The van der Waals surface area contributed by atoms with Crippen LogP contribution in [0.15, 0.2) is 74.9 Å². The minimum Gasteiger partial charge on any atom is -0.497 e. The molecule has 30 heavy (non-hydrogen) atoms. The molecule has 152 valence electrons. The summed E-state index contributed by atoms with van der Waals surface area (Å²) in [6.45, 7) is 0.495. The third kappa shape index (κ3) is 4.14. The molecule has 0 saturated carbocycles. The number of nitrogens with zero attached hydrogens (tertiary/aromatic N) is 3. The average molecular weight is 406 g/mol. The molecule has 0 saturated heterocycles. The van der Waals surface area contributed by atoms with E-state index in [1.807, 2.05) is 12.1 Å². The predicted molar refractivity (Wildman–Crippen MR) is 107 cm³/mol. The van der Waals surface area contributed by atoms with Crippen LogP contribution in [0.1, 0.15) is 10.5 Å². The van der Waals surface area contributed by atoms with Crippen LogP contribution in [0.3, 0.4) is 0 Å². The van der Waals surface area contributed by atoms with Crippen molar-refractivity contribution in [1.29, 1.82) is 0 Å². The lowest BCUT2D eigenvalue weighted by atomic mass is 10.1. The fourth-order valence-corrected chi connectivity index (χ4v) is 2.81. The maximum Gasteiger partial charge on any atom is 0.273 e. The monoisotopic (exact) mass is 406 g/mol. The Morgan fingerprint density at radius 2 is 2.00 bits per heavy atom. The van der Waals surface area contributed by atoms with E-state index in [4.69, 9.17) is 13.7 Å². The van der Waals surface area contributed by atoms with Gasteiger partial charge in [0.05, 0.1) is 25.4 Å². The number of nitrogens with one attached hydrogen (secondary N) is 1. The molecule has 4 rings (SSSR count). The molecule has 0 aliphatic rings. The van der Waals surface area contributed by atoms with Crippen LogP contribution in [-0.4, -0.2) is 34.3 Å². The number of aromatic nitrogens is 3. The van der Waals surface area contributed by atoms with E-state index in [2.05, 4.69) is 15.5 Å². The van der Waals surface area contributed by atoms with Gasteiger partial charge >= 0.3 is 0 Å². The average Bonchev–Trinajstić information content (AvgIpc) is 3.47. The number of hydrogen-bond acceptors (Lipinski definition) is 7. The van der Waals surface area contributed by atoms with Gasteiger partial charge in [0.1, 0.15) is 5.75 Å². The predicted octanol–water partition coefficient (Wildman–Crippen LogP) is 2.60. The number of carbonyl (C=O) groups excluding carboxylic acids is 1. The normalized spacial score (nSPS) is 10.7. The maximum atomic E-state index is 12.4. The van der Waals surface area contributed by atoms with Crippen molar-refractivity contribution in [3.8, 4) is 28.5 Å². The van der Waals surface area contributed by atoms with Crippen molar-refractivity contribution in [2.75, 3.05) is 13.7 Å². The molecule has 1 N–H and O–H groups in total. The summed E-state index contributed by atoms with van der Waals surface area (Å²) in [5, 5.41) is 6.43. The first-order valence-corrected chi connectivity index (χ1v) is 9.14. The second-order valence-corrected chi connectivity index (χ2v) is 6.34. The summed E-state index contributed by atoms with van der Waals surface area (Å²) in [6.07, 6.45) is 2.96. The van der Waals surface area contributed by atoms with E-state index in [1.54, 1.807) is 31.4 Å². The molecule has 3 aromatic heterocycles. The van der Waals surface area contributed by atoms with E-state index in [9.17, 15) is 9.59 Å². The molecule has 9 heteroatoms. The van der Waals surface area contributed by atoms with Crippen molar-refractivity contribution >= 4 is 5.91 Å². The zero-order chi connectivity index (χ0) is 20.9. The lowest BCUT2D eigenvalue weighted by molar-refractivity contribution is 0.0943. The highest BCUT2D eigenvalue weighted by Crippen LogP contribution is 2.20. The second kappa shape index (κ2) is 8.48. The van der Waals surface area contributed by atoms with Crippen LogP contribution in [0, 0.1) is 0 Å². The fraction of sp³-hybridized carbons (Fsp3) is 0.143. The Morgan fingerprint density at radius 1 is 1.17 bits per heavy atom. The number of carbonyl (C=O) groups is 1. The van der Waals surface area contributed by atoms with Gasteiger partial charge in [-0.15, -0.1) is 0 Å². The van der Waals surface area contributed by atoms with Crippen LogP contribution in [0.25, 0.3) is 22.8 Å². The molecule has 0 spiro atoms. The Balaban J connectivity index is 1.35. The number of hydrogen-bond donors (Lipinski definition) is 1. The Kier molecular flexibility index (Phi) is 5.42. The van der Waals surface area contributed by atoms with Crippen LogP contribution in [0.5, 0.6) is 5.75 Å². The van der Waals surface area contributed by atoms with Crippen LogP contribution >= 0.6 is 0 Å². The highest BCUT2D eigenvalue weighted by Gasteiger charge is 2.14. The number of benzene rings is 1. The zero-order valence-corrected chi connectivity index (χ0v) is 16.1. The SMILES string of the molecule is COc1ccc(-c2cc(=O)n(CCNC(=O)c3cc(-c4ccco4)on3)cn2)cc1. The van der Waals surface area contributed by atoms with Gasteiger partial charge in [-0.3, -0.25) is 14.2 Å². The van der Waals surface area contributed by atoms with Crippen molar-refractivity contribution in [2.45, 2.75) is 6.54 Å². The van der Waals surface area contributed by atoms with Gasteiger partial charge in [-0.25, -0.2) is 4.98 Å². The second-order valence-electron chi connectivity index (χ2n) is 6.34. The van der Waals surface area contributed by atoms with Crippen LogP contribution in [-0.2, 0) is 6.54 Å². The molecule has 0 radical (unpaired) electrons. The van der Waals surface area contributed by atoms with E-state index in [0.717, 1.165) is 11.3 Å². The molecule has 1 aromatic carbocycles. The highest BCUT2D eigenvalue weighted by atomic mass is 16.5. The first-order valence-electron chi connectivity index (χ1n) is 9.14. The van der Waals surface area contributed by atoms with E-state index < -0.39 is 5.91 Å². The number of rotatable bonds is 7. The van der Waals surface area contributed by atoms with Gasteiger partial charge in [-0.05, 0) is 36.4 Å².